The van der Waals surface area contributed by atoms with Crippen molar-refractivity contribution in [2.75, 3.05) is 6.54 Å². The molecule has 0 aliphatic carbocycles. The average molecular weight is 328 g/mol. The summed E-state index contributed by atoms with van der Waals surface area (Å²) in [7, 11) is 0. The van der Waals surface area contributed by atoms with Crippen LogP contribution in [0.2, 0.25) is 5.02 Å². The number of halogens is 3. The summed E-state index contributed by atoms with van der Waals surface area (Å²) in [6, 6.07) is 12.9. The minimum Gasteiger partial charge on any atom is -0.313 e. The third kappa shape index (κ3) is 4.70. The van der Waals surface area contributed by atoms with Gasteiger partial charge in [0.05, 0.1) is 0 Å². The molecule has 0 saturated carbocycles. The maximum absolute atomic E-state index is 12.3. The lowest BCUT2D eigenvalue weighted by atomic mass is 9.99. The first-order valence-corrected chi connectivity index (χ1v) is 7.90. The predicted octanol–water partition coefficient (Wildman–Crippen LogP) is 5.43. The Kier molecular flexibility index (Phi) is 6.03. The molecule has 0 unspecified atom stereocenters. The van der Waals surface area contributed by atoms with E-state index in [1.54, 1.807) is 12.1 Å². The van der Waals surface area contributed by atoms with E-state index in [-0.39, 0.29) is 0 Å². The Balaban J connectivity index is 2.29. The summed E-state index contributed by atoms with van der Waals surface area (Å²) in [4.78, 5) is 0.559. The van der Waals surface area contributed by atoms with Gasteiger partial charge in [-0.2, -0.15) is 8.78 Å². The third-order valence-electron chi connectivity index (χ3n) is 3.03. The molecule has 0 fully saturated rings. The minimum atomic E-state index is -2.40. The van der Waals surface area contributed by atoms with Crippen molar-refractivity contribution in [2.24, 2.45) is 0 Å². The Bertz CT molecular complexity index is 587. The second-order valence-electron chi connectivity index (χ2n) is 4.48. The Hall–Kier alpha value is -1.10. The number of thioether (sulfide) groups is 1. The lowest BCUT2D eigenvalue weighted by molar-refractivity contribution is 0.252. The zero-order valence-electron chi connectivity index (χ0n) is 11.6. The first kappa shape index (κ1) is 16.3. The molecule has 21 heavy (non-hydrogen) atoms. The van der Waals surface area contributed by atoms with Crippen LogP contribution in [0.25, 0.3) is 11.1 Å². The van der Waals surface area contributed by atoms with Crippen molar-refractivity contribution < 1.29 is 8.78 Å². The van der Waals surface area contributed by atoms with Crippen LogP contribution in [0.5, 0.6) is 0 Å². The zero-order valence-corrected chi connectivity index (χ0v) is 13.1. The van der Waals surface area contributed by atoms with E-state index in [4.69, 9.17) is 11.6 Å². The average Bonchev–Trinajstić information content (AvgIpc) is 2.46. The van der Waals surface area contributed by atoms with E-state index >= 15 is 0 Å². The molecule has 0 amide bonds. The van der Waals surface area contributed by atoms with Crippen LogP contribution in [-0.4, -0.2) is 12.3 Å². The largest absolute Gasteiger partial charge is 0.313 e. The van der Waals surface area contributed by atoms with Crippen LogP contribution in [0.15, 0.2) is 47.4 Å². The van der Waals surface area contributed by atoms with Gasteiger partial charge in [-0.05, 0) is 47.5 Å². The summed E-state index contributed by atoms with van der Waals surface area (Å²) in [6.07, 6.45) is 0. The van der Waals surface area contributed by atoms with Crippen LogP contribution in [0.1, 0.15) is 12.5 Å². The molecule has 0 saturated heterocycles. The molecule has 0 radical (unpaired) electrons. The molecule has 5 heteroatoms. The molecule has 0 atom stereocenters. The van der Waals surface area contributed by atoms with Crippen molar-refractivity contribution in [1.82, 2.24) is 5.32 Å². The van der Waals surface area contributed by atoms with Gasteiger partial charge in [-0.1, -0.05) is 48.5 Å². The lowest BCUT2D eigenvalue weighted by Gasteiger charge is -2.11. The summed E-state index contributed by atoms with van der Waals surface area (Å²) in [6.45, 7) is 3.68. The highest BCUT2D eigenvalue weighted by atomic mass is 35.5. The highest BCUT2D eigenvalue weighted by molar-refractivity contribution is 7.99. The molecule has 1 nitrogen and oxygen atoms in total. The molecule has 0 bridgehead atoms. The van der Waals surface area contributed by atoms with E-state index in [0.717, 1.165) is 29.8 Å². The number of nitrogens with one attached hydrogen (secondary N) is 1. The second-order valence-corrected chi connectivity index (χ2v) is 5.98. The van der Waals surface area contributed by atoms with Gasteiger partial charge in [0.25, 0.3) is 5.76 Å². The predicted molar refractivity (Wildman–Crippen MR) is 86.1 cm³/mol. The monoisotopic (exact) mass is 327 g/mol. The standard InChI is InChI=1S/C16H16ClF2NS/c1-2-20-10-12-3-6-13(17)9-15(12)11-4-7-14(8-5-11)21-16(18)19/h3-9,16,20H,2,10H2,1H3. The third-order valence-corrected chi connectivity index (χ3v) is 3.99. The Morgan fingerprint density at radius 1 is 1.14 bits per heavy atom. The number of rotatable bonds is 6. The first-order valence-electron chi connectivity index (χ1n) is 6.64. The normalized spacial score (nSPS) is 11.1. The highest BCUT2D eigenvalue weighted by Crippen LogP contribution is 2.31. The van der Waals surface area contributed by atoms with E-state index < -0.39 is 5.76 Å². The van der Waals surface area contributed by atoms with Gasteiger partial charge in [0.1, 0.15) is 0 Å². The lowest BCUT2D eigenvalue weighted by Crippen LogP contribution is -2.12. The van der Waals surface area contributed by atoms with Crippen molar-refractivity contribution in [2.45, 2.75) is 24.1 Å². The fourth-order valence-corrected chi connectivity index (χ4v) is 2.72. The van der Waals surface area contributed by atoms with Gasteiger partial charge in [0, 0.05) is 16.5 Å². The van der Waals surface area contributed by atoms with Crippen molar-refractivity contribution >= 4 is 23.4 Å². The SMILES string of the molecule is CCNCc1ccc(Cl)cc1-c1ccc(SC(F)F)cc1. The summed E-state index contributed by atoms with van der Waals surface area (Å²) in [5, 5.41) is 3.95. The number of hydrogen-bond acceptors (Lipinski definition) is 2. The molecule has 0 aliphatic heterocycles. The van der Waals surface area contributed by atoms with Gasteiger partial charge in [-0.3, -0.25) is 0 Å². The minimum absolute atomic E-state index is 0.552. The van der Waals surface area contributed by atoms with E-state index in [2.05, 4.69) is 5.32 Å². The summed E-state index contributed by atoms with van der Waals surface area (Å²) in [5.41, 5.74) is 3.14. The smallest absolute Gasteiger partial charge is 0.288 e. The quantitative estimate of drug-likeness (QED) is 0.710. The van der Waals surface area contributed by atoms with Gasteiger partial charge in [-0.25, -0.2) is 0 Å². The molecular weight excluding hydrogens is 312 g/mol. The topological polar surface area (TPSA) is 12.0 Å². The molecular formula is C16H16ClF2NS. The summed E-state index contributed by atoms with van der Waals surface area (Å²) < 4.78 is 24.7. The van der Waals surface area contributed by atoms with Crippen molar-refractivity contribution in [1.29, 1.82) is 0 Å². The van der Waals surface area contributed by atoms with Crippen LogP contribution in [-0.2, 0) is 6.54 Å². The second kappa shape index (κ2) is 7.78. The molecule has 2 aromatic rings. The van der Waals surface area contributed by atoms with Crippen molar-refractivity contribution in [3.05, 3.63) is 53.1 Å². The molecule has 0 heterocycles. The van der Waals surface area contributed by atoms with Crippen LogP contribution >= 0.6 is 23.4 Å². The van der Waals surface area contributed by atoms with Crippen LogP contribution in [0, 0.1) is 0 Å². The number of alkyl halides is 2. The van der Waals surface area contributed by atoms with Gasteiger partial charge < -0.3 is 5.32 Å². The molecule has 0 aliphatic rings. The fraction of sp³-hybridized carbons (Fsp3) is 0.250. The maximum Gasteiger partial charge on any atom is 0.288 e. The molecule has 2 rings (SSSR count). The van der Waals surface area contributed by atoms with Gasteiger partial charge in [-0.15, -0.1) is 0 Å². The number of hydrogen-bond donors (Lipinski definition) is 1. The van der Waals surface area contributed by atoms with Crippen molar-refractivity contribution in [3.8, 4) is 11.1 Å². The van der Waals surface area contributed by atoms with E-state index in [1.165, 1.54) is 0 Å². The van der Waals surface area contributed by atoms with Crippen LogP contribution in [0.4, 0.5) is 8.78 Å². The fourth-order valence-electron chi connectivity index (χ4n) is 2.05. The molecule has 0 aromatic heterocycles. The molecule has 1 N–H and O–H groups in total. The van der Waals surface area contributed by atoms with E-state index in [9.17, 15) is 8.78 Å². The summed E-state index contributed by atoms with van der Waals surface area (Å²) in [5.74, 6) is -2.40. The van der Waals surface area contributed by atoms with E-state index in [0.29, 0.717) is 21.7 Å². The molecule has 2 aromatic carbocycles. The van der Waals surface area contributed by atoms with Gasteiger partial charge >= 0.3 is 0 Å². The summed E-state index contributed by atoms with van der Waals surface area (Å²) >= 11 is 6.63. The Morgan fingerprint density at radius 3 is 2.48 bits per heavy atom. The molecule has 0 spiro atoms. The van der Waals surface area contributed by atoms with E-state index in [1.807, 2.05) is 37.3 Å². The number of benzene rings is 2. The van der Waals surface area contributed by atoms with Crippen LogP contribution in [0.3, 0.4) is 0 Å². The van der Waals surface area contributed by atoms with Crippen LogP contribution < -0.4 is 5.32 Å². The Morgan fingerprint density at radius 2 is 1.86 bits per heavy atom. The highest BCUT2D eigenvalue weighted by Gasteiger charge is 2.08. The Labute approximate surface area is 132 Å². The molecule has 112 valence electrons. The maximum atomic E-state index is 12.3. The van der Waals surface area contributed by atoms with Gasteiger partial charge in [0.2, 0.25) is 0 Å². The van der Waals surface area contributed by atoms with Crippen molar-refractivity contribution in [3.63, 3.8) is 0 Å². The first-order chi connectivity index (χ1) is 10.1. The van der Waals surface area contributed by atoms with Gasteiger partial charge in [0.15, 0.2) is 0 Å². The zero-order chi connectivity index (χ0) is 15.2.